The molecule has 1 aliphatic heterocycles. The van der Waals surface area contributed by atoms with E-state index in [1.165, 1.54) is 28.8 Å². The summed E-state index contributed by atoms with van der Waals surface area (Å²) < 4.78 is 1.28. The van der Waals surface area contributed by atoms with Crippen LogP contribution in [0.1, 0.15) is 22.7 Å². The summed E-state index contributed by atoms with van der Waals surface area (Å²) >= 11 is 0. The van der Waals surface area contributed by atoms with E-state index in [4.69, 9.17) is 0 Å². The Morgan fingerprint density at radius 1 is 1.00 bits per heavy atom. The molecule has 1 aliphatic rings. The van der Waals surface area contributed by atoms with Gasteiger partial charge in [0.15, 0.2) is 0 Å². The lowest BCUT2D eigenvalue weighted by Gasteiger charge is -2.28. The predicted octanol–water partition coefficient (Wildman–Crippen LogP) is 1.72. The summed E-state index contributed by atoms with van der Waals surface area (Å²) in [6, 6.07) is 13.2. The second kappa shape index (κ2) is 7.08. The Bertz CT molecular complexity index is 1210. The highest BCUT2D eigenvalue weighted by Gasteiger charge is 2.31. The van der Waals surface area contributed by atoms with Crippen molar-refractivity contribution >= 4 is 17.5 Å². The van der Waals surface area contributed by atoms with E-state index in [1.54, 1.807) is 0 Å². The number of anilines is 1. The molecule has 1 unspecified atom stereocenters. The summed E-state index contributed by atoms with van der Waals surface area (Å²) in [5.41, 5.74) is 0.0178. The van der Waals surface area contributed by atoms with Gasteiger partial charge in [-0.05, 0) is 23.3 Å². The number of amides is 2. The quantitative estimate of drug-likeness (QED) is 0.457. The van der Waals surface area contributed by atoms with Gasteiger partial charge in [0.25, 0.3) is 11.2 Å². The van der Waals surface area contributed by atoms with Crippen molar-refractivity contribution in [2.75, 3.05) is 5.32 Å². The number of rotatable bonds is 4. The molecule has 0 bridgehead atoms. The van der Waals surface area contributed by atoms with Crippen LogP contribution in [0.5, 0.6) is 0 Å². The molecule has 0 saturated heterocycles. The summed E-state index contributed by atoms with van der Waals surface area (Å²) in [7, 11) is 0. The van der Waals surface area contributed by atoms with Crippen molar-refractivity contribution < 1.29 is 9.72 Å². The molecule has 4 rings (SSSR count). The molecule has 146 valence electrons. The van der Waals surface area contributed by atoms with Crippen LogP contribution in [0.3, 0.4) is 0 Å². The van der Waals surface area contributed by atoms with Crippen molar-refractivity contribution in [3.63, 3.8) is 0 Å². The fraction of sp³-hybridized carbons (Fsp3) is 0.105. The van der Waals surface area contributed by atoms with Crippen molar-refractivity contribution in [3.8, 4) is 0 Å². The Balaban J connectivity index is 1.85. The molecule has 0 aliphatic carbocycles. The lowest BCUT2D eigenvalue weighted by molar-refractivity contribution is -0.384. The van der Waals surface area contributed by atoms with Gasteiger partial charge >= 0.3 is 11.7 Å². The number of nitro benzene ring substituents is 1. The highest BCUT2D eigenvalue weighted by atomic mass is 16.6. The maximum atomic E-state index is 12.6. The first-order chi connectivity index (χ1) is 13.9. The van der Waals surface area contributed by atoms with Crippen LogP contribution >= 0.6 is 0 Å². The van der Waals surface area contributed by atoms with Crippen LogP contribution < -0.4 is 21.9 Å². The van der Waals surface area contributed by atoms with E-state index in [1.807, 2.05) is 30.3 Å². The number of aromatic amines is 1. The van der Waals surface area contributed by atoms with Gasteiger partial charge in [0.2, 0.25) is 0 Å². The third-order valence-electron chi connectivity index (χ3n) is 4.65. The number of fused-ring (bicyclic) bond motifs is 1. The minimum Gasteiger partial charge on any atom is -0.327 e. The highest BCUT2D eigenvalue weighted by molar-refractivity contribution is 5.92. The number of nitro groups is 1. The van der Waals surface area contributed by atoms with Crippen molar-refractivity contribution in [2.24, 2.45) is 0 Å². The van der Waals surface area contributed by atoms with Crippen LogP contribution in [-0.4, -0.2) is 20.5 Å². The first-order valence-electron chi connectivity index (χ1n) is 8.67. The van der Waals surface area contributed by atoms with Crippen molar-refractivity contribution in [2.45, 2.75) is 12.6 Å². The molecule has 1 atom stereocenters. The number of aromatic nitrogens is 2. The number of urea groups is 1. The van der Waals surface area contributed by atoms with Crippen molar-refractivity contribution in [1.82, 2.24) is 14.9 Å². The standard InChI is InChI=1S/C19H15N5O5/c25-17-14-15(12-6-8-13(9-7-12)24(28)29)20-18(26)21-16(14)23(19(27)22-17)10-11-4-2-1-3-5-11/h1-9,15H,10H2,(H2,20,21,26)(H,22,25,27). The summed E-state index contributed by atoms with van der Waals surface area (Å²) in [5, 5.41) is 16.1. The van der Waals surface area contributed by atoms with Gasteiger partial charge in [-0.1, -0.05) is 30.3 Å². The molecule has 2 heterocycles. The van der Waals surface area contributed by atoms with Crippen LogP contribution in [0.2, 0.25) is 0 Å². The van der Waals surface area contributed by atoms with E-state index in [2.05, 4.69) is 15.6 Å². The summed E-state index contributed by atoms with van der Waals surface area (Å²) in [6.07, 6.45) is 0. The number of nitrogens with one attached hydrogen (secondary N) is 3. The van der Waals surface area contributed by atoms with Crippen LogP contribution in [-0.2, 0) is 6.54 Å². The minimum absolute atomic E-state index is 0.0923. The molecule has 10 nitrogen and oxygen atoms in total. The molecular weight excluding hydrogens is 378 g/mol. The van der Waals surface area contributed by atoms with E-state index in [-0.39, 0.29) is 23.6 Å². The Morgan fingerprint density at radius 2 is 1.69 bits per heavy atom. The number of benzene rings is 2. The lowest BCUT2D eigenvalue weighted by atomic mass is 9.98. The van der Waals surface area contributed by atoms with Crippen LogP contribution in [0.15, 0.2) is 64.2 Å². The van der Waals surface area contributed by atoms with Gasteiger partial charge in [0.1, 0.15) is 5.82 Å². The third-order valence-corrected chi connectivity index (χ3v) is 4.65. The average Bonchev–Trinajstić information content (AvgIpc) is 2.71. The van der Waals surface area contributed by atoms with Crippen LogP contribution in [0, 0.1) is 10.1 Å². The second-order valence-electron chi connectivity index (χ2n) is 6.47. The molecule has 29 heavy (non-hydrogen) atoms. The zero-order valence-electron chi connectivity index (χ0n) is 14.9. The molecule has 2 aromatic carbocycles. The van der Waals surface area contributed by atoms with E-state index in [0.29, 0.717) is 5.56 Å². The first-order valence-corrected chi connectivity index (χ1v) is 8.67. The Morgan fingerprint density at radius 3 is 2.34 bits per heavy atom. The van der Waals surface area contributed by atoms with Gasteiger partial charge in [0.05, 0.1) is 23.1 Å². The molecule has 0 spiro atoms. The molecule has 0 fully saturated rings. The number of hydrogen-bond donors (Lipinski definition) is 3. The predicted molar refractivity (Wildman–Crippen MR) is 104 cm³/mol. The molecular formula is C19H15N5O5. The number of carbonyl (C=O) groups excluding carboxylic acids is 1. The first kappa shape index (κ1) is 18.2. The van der Waals surface area contributed by atoms with Gasteiger partial charge in [-0.25, -0.2) is 9.59 Å². The fourth-order valence-corrected chi connectivity index (χ4v) is 3.29. The van der Waals surface area contributed by atoms with E-state index in [9.17, 15) is 24.5 Å². The minimum atomic E-state index is -0.870. The lowest BCUT2D eigenvalue weighted by Crippen LogP contribution is -2.46. The highest BCUT2D eigenvalue weighted by Crippen LogP contribution is 2.29. The SMILES string of the molecule is O=C1Nc2c(c(=O)[nH]c(=O)n2Cc2ccccc2)C(c2ccc([N+](=O)[O-])cc2)N1. The monoisotopic (exact) mass is 393 g/mol. The number of H-pyrrole nitrogens is 1. The van der Waals surface area contributed by atoms with Crippen LogP contribution in [0.25, 0.3) is 0 Å². The molecule has 0 radical (unpaired) electrons. The smallest absolute Gasteiger partial charge is 0.327 e. The fourth-order valence-electron chi connectivity index (χ4n) is 3.29. The Kier molecular flexibility index (Phi) is 4.43. The number of hydrogen-bond acceptors (Lipinski definition) is 5. The number of non-ortho nitro benzene ring substituents is 1. The van der Waals surface area contributed by atoms with Crippen LogP contribution in [0.4, 0.5) is 16.3 Å². The molecule has 2 amide bonds. The zero-order chi connectivity index (χ0) is 20.5. The summed E-state index contributed by atoms with van der Waals surface area (Å²) in [5.74, 6) is 0.0923. The van der Waals surface area contributed by atoms with Gasteiger partial charge in [0, 0.05) is 12.1 Å². The number of nitrogens with zero attached hydrogens (tertiary/aromatic N) is 2. The zero-order valence-corrected chi connectivity index (χ0v) is 14.9. The maximum Gasteiger partial charge on any atom is 0.330 e. The maximum absolute atomic E-state index is 12.6. The van der Waals surface area contributed by atoms with Gasteiger partial charge in [-0.2, -0.15) is 0 Å². The third kappa shape index (κ3) is 3.38. The Labute approximate surface area is 163 Å². The van der Waals surface area contributed by atoms with Crippen molar-refractivity contribution in [1.29, 1.82) is 0 Å². The largest absolute Gasteiger partial charge is 0.330 e. The summed E-state index contributed by atoms with van der Waals surface area (Å²) in [6.45, 7) is 0.145. The Hall–Kier alpha value is -4.21. The summed E-state index contributed by atoms with van der Waals surface area (Å²) in [4.78, 5) is 49.9. The normalized spacial score (nSPS) is 15.2. The van der Waals surface area contributed by atoms with E-state index >= 15 is 0 Å². The molecule has 0 saturated carbocycles. The molecule has 10 heteroatoms. The topological polar surface area (TPSA) is 139 Å². The molecule has 1 aromatic heterocycles. The van der Waals surface area contributed by atoms with Gasteiger partial charge in [-0.15, -0.1) is 0 Å². The van der Waals surface area contributed by atoms with Crippen molar-refractivity contribution in [3.05, 3.63) is 102 Å². The number of carbonyl (C=O) groups is 1. The average molecular weight is 393 g/mol. The molecule has 3 N–H and O–H groups in total. The van der Waals surface area contributed by atoms with Gasteiger partial charge in [-0.3, -0.25) is 29.8 Å². The van der Waals surface area contributed by atoms with E-state index in [0.717, 1.165) is 5.56 Å². The second-order valence-corrected chi connectivity index (χ2v) is 6.47. The molecule has 3 aromatic rings. The van der Waals surface area contributed by atoms with E-state index < -0.39 is 28.2 Å². The van der Waals surface area contributed by atoms with Gasteiger partial charge < -0.3 is 5.32 Å².